The summed E-state index contributed by atoms with van der Waals surface area (Å²) in [5.74, 6) is 2.95. The van der Waals surface area contributed by atoms with Crippen LogP contribution in [0.15, 0.2) is 12.2 Å². The molecule has 2 bridgehead atoms. The van der Waals surface area contributed by atoms with Crippen LogP contribution < -0.4 is 0 Å². The molecule has 0 aromatic rings. The van der Waals surface area contributed by atoms with Crippen molar-refractivity contribution in [2.45, 2.75) is 32.3 Å². The van der Waals surface area contributed by atoms with Gasteiger partial charge in [0.1, 0.15) is 6.10 Å². The molecule has 4 unspecified atom stereocenters. The average molecular weight is 192 g/mol. The van der Waals surface area contributed by atoms with E-state index in [1.54, 1.807) is 0 Å². The lowest BCUT2D eigenvalue weighted by molar-refractivity contribution is -0.150. The Labute approximate surface area is 84.3 Å². The van der Waals surface area contributed by atoms with E-state index in [0.717, 1.165) is 24.2 Å². The molecule has 0 saturated heterocycles. The van der Waals surface area contributed by atoms with E-state index in [2.05, 4.69) is 12.2 Å². The van der Waals surface area contributed by atoms with Crippen LogP contribution in [-0.2, 0) is 9.53 Å². The Morgan fingerprint density at radius 3 is 3.00 bits per heavy atom. The predicted octanol–water partition coefficient (Wildman–Crippen LogP) is 2.15. The van der Waals surface area contributed by atoms with Crippen LogP contribution >= 0.6 is 0 Å². The van der Waals surface area contributed by atoms with Gasteiger partial charge in [0.05, 0.1) is 0 Å². The third kappa shape index (κ3) is 1.06. The van der Waals surface area contributed by atoms with Crippen LogP contribution in [0.25, 0.3) is 0 Å². The van der Waals surface area contributed by atoms with Crippen molar-refractivity contribution in [1.29, 1.82) is 0 Å². The number of hydrogen-bond acceptors (Lipinski definition) is 2. The van der Waals surface area contributed by atoms with E-state index in [0.29, 0.717) is 5.92 Å². The molecule has 2 heteroatoms. The van der Waals surface area contributed by atoms with E-state index in [1.165, 1.54) is 19.8 Å². The lowest BCUT2D eigenvalue weighted by Gasteiger charge is -2.30. The lowest BCUT2D eigenvalue weighted by atomic mass is 9.80. The van der Waals surface area contributed by atoms with Crippen molar-refractivity contribution in [1.82, 2.24) is 0 Å². The molecule has 0 aliphatic heterocycles. The molecule has 0 N–H and O–H groups in total. The first-order chi connectivity index (χ1) is 6.75. The molecule has 0 aromatic heterocycles. The van der Waals surface area contributed by atoms with Gasteiger partial charge in [-0.15, -0.1) is 0 Å². The molecule has 0 aromatic carbocycles. The highest BCUT2D eigenvalue weighted by Gasteiger charge is 2.53. The zero-order valence-electron chi connectivity index (χ0n) is 8.48. The summed E-state index contributed by atoms with van der Waals surface area (Å²) in [7, 11) is 0. The maximum absolute atomic E-state index is 10.9. The summed E-state index contributed by atoms with van der Waals surface area (Å²) in [6.45, 7) is 1.52. The summed E-state index contributed by atoms with van der Waals surface area (Å²) in [5, 5.41) is 0. The molecule has 0 radical (unpaired) electrons. The number of esters is 1. The standard InChI is InChI=1S/C12H16O2/c1-7(13)14-12-6-8-5-11(12)10-4-2-3-9(8)10/h2-3,8-12H,4-6H2,1H3/t8?,9?,10?,11?,12-/m0/s1. The number of hydrogen-bond donors (Lipinski definition) is 0. The quantitative estimate of drug-likeness (QED) is 0.470. The van der Waals surface area contributed by atoms with Gasteiger partial charge in [-0.2, -0.15) is 0 Å². The molecule has 3 aliphatic carbocycles. The molecule has 0 heterocycles. The van der Waals surface area contributed by atoms with Gasteiger partial charge < -0.3 is 4.74 Å². The second-order valence-corrected chi connectivity index (χ2v) is 4.95. The fraction of sp³-hybridized carbons (Fsp3) is 0.750. The largest absolute Gasteiger partial charge is 0.462 e. The van der Waals surface area contributed by atoms with Crippen LogP contribution in [0.1, 0.15) is 26.2 Å². The van der Waals surface area contributed by atoms with Gasteiger partial charge >= 0.3 is 5.97 Å². The Morgan fingerprint density at radius 2 is 2.21 bits per heavy atom. The second-order valence-electron chi connectivity index (χ2n) is 4.95. The number of fused-ring (bicyclic) bond motifs is 5. The first-order valence-electron chi connectivity index (χ1n) is 5.59. The topological polar surface area (TPSA) is 26.3 Å². The average Bonchev–Trinajstić information content (AvgIpc) is 2.68. The van der Waals surface area contributed by atoms with E-state index in [1.807, 2.05) is 0 Å². The zero-order chi connectivity index (χ0) is 9.71. The Bertz CT molecular complexity index is 295. The first kappa shape index (κ1) is 8.51. The van der Waals surface area contributed by atoms with Crippen molar-refractivity contribution in [3.8, 4) is 0 Å². The number of carbonyl (C=O) groups is 1. The zero-order valence-corrected chi connectivity index (χ0v) is 8.48. The molecule has 76 valence electrons. The molecule has 5 atom stereocenters. The van der Waals surface area contributed by atoms with Crippen LogP contribution in [0, 0.1) is 23.7 Å². The molecular formula is C12H16O2. The first-order valence-corrected chi connectivity index (χ1v) is 5.59. The normalized spacial score (nSPS) is 48.2. The van der Waals surface area contributed by atoms with E-state index in [-0.39, 0.29) is 12.1 Å². The molecular weight excluding hydrogens is 176 g/mol. The molecule has 0 amide bonds. The summed E-state index contributed by atoms with van der Waals surface area (Å²) >= 11 is 0. The Kier molecular flexibility index (Phi) is 1.73. The summed E-state index contributed by atoms with van der Waals surface area (Å²) in [5.41, 5.74) is 0. The van der Waals surface area contributed by atoms with Crippen LogP contribution in [0.2, 0.25) is 0 Å². The number of carbonyl (C=O) groups excluding carboxylic acids is 1. The second kappa shape index (κ2) is 2.85. The Hall–Kier alpha value is -0.790. The molecule has 2 saturated carbocycles. The SMILES string of the molecule is CC(=O)O[C@H]1CC2CC1C1CC=CC21. The lowest BCUT2D eigenvalue weighted by Crippen LogP contribution is -2.31. The minimum absolute atomic E-state index is 0.106. The van der Waals surface area contributed by atoms with Gasteiger partial charge in [-0.1, -0.05) is 12.2 Å². The molecule has 3 rings (SSSR count). The maximum Gasteiger partial charge on any atom is 0.302 e. The molecule has 2 nitrogen and oxygen atoms in total. The van der Waals surface area contributed by atoms with Crippen molar-refractivity contribution in [2.75, 3.05) is 0 Å². The Balaban J connectivity index is 1.75. The highest BCUT2D eigenvalue weighted by Crippen LogP contribution is 2.57. The smallest absolute Gasteiger partial charge is 0.302 e. The predicted molar refractivity (Wildman–Crippen MR) is 52.5 cm³/mol. The van der Waals surface area contributed by atoms with E-state index in [9.17, 15) is 4.79 Å². The summed E-state index contributed by atoms with van der Waals surface area (Å²) in [6.07, 6.45) is 8.54. The fourth-order valence-electron chi connectivity index (χ4n) is 3.84. The van der Waals surface area contributed by atoms with Crippen LogP contribution in [0.5, 0.6) is 0 Å². The summed E-state index contributed by atoms with van der Waals surface area (Å²) < 4.78 is 5.39. The van der Waals surface area contributed by atoms with Gasteiger partial charge in [0, 0.05) is 6.92 Å². The van der Waals surface area contributed by atoms with Crippen molar-refractivity contribution in [3.63, 3.8) is 0 Å². The third-order valence-corrected chi connectivity index (χ3v) is 4.26. The van der Waals surface area contributed by atoms with Gasteiger partial charge in [0.15, 0.2) is 0 Å². The molecule has 14 heavy (non-hydrogen) atoms. The monoisotopic (exact) mass is 192 g/mol. The van der Waals surface area contributed by atoms with Gasteiger partial charge in [-0.3, -0.25) is 4.79 Å². The highest BCUT2D eigenvalue weighted by atomic mass is 16.5. The van der Waals surface area contributed by atoms with Crippen molar-refractivity contribution < 1.29 is 9.53 Å². The molecule has 0 spiro atoms. The van der Waals surface area contributed by atoms with Crippen LogP contribution in [-0.4, -0.2) is 12.1 Å². The summed E-state index contributed by atoms with van der Waals surface area (Å²) in [4.78, 5) is 10.9. The fourth-order valence-corrected chi connectivity index (χ4v) is 3.84. The summed E-state index contributed by atoms with van der Waals surface area (Å²) in [6, 6.07) is 0. The van der Waals surface area contributed by atoms with Gasteiger partial charge in [-0.25, -0.2) is 0 Å². The van der Waals surface area contributed by atoms with E-state index >= 15 is 0 Å². The van der Waals surface area contributed by atoms with Gasteiger partial charge in [0.25, 0.3) is 0 Å². The van der Waals surface area contributed by atoms with Gasteiger partial charge in [-0.05, 0) is 42.9 Å². The van der Waals surface area contributed by atoms with Crippen molar-refractivity contribution >= 4 is 5.97 Å². The number of rotatable bonds is 1. The highest BCUT2D eigenvalue weighted by molar-refractivity contribution is 5.66. The van der Waals surface area contributed by atoms with Crippen LogP contribution in [0.4, 0.5) is 0 Å². The van der Waals surface area contributed by atoms with E-state index in [4.69, 9.17) is 4.74 Å². The number of ether oxygens (including phenoxy) is 1. The molecule has 2 fully saturated rings. The van der Waals surface area contributed by atoms with Gasteiger partial charge in [0.2, 0.25) is 0 Å². The van der Waals surface area contributed by atoms with Crippen molar-refractivity contribution in [3.05, 3.63) is 12.2 Å². The Morgan fingerprint density at radius 1 is 1.36 bits per heavy atom. The third-order valence-electron chi connectivity index (χ3n) is 4.26. The molecule has 3 aliphatic rings. The minimum atomic E-state index is -0.106. The maximum atomic E-state index is 10.9. The van der Waals surface area contributed by atoms with Crippen molar-refractivity contribution in [2.24, 2.45) is 23.7 Å². The van der Waals surface area contributed by atoms with Crippen LogP contribution in [0.3, 0.4) is 0 Å². The van der Waals surface area contributed by atoms with E-state index < -0.39 is 0 Å². The minimum Gasteiger partial charge on any atom is -0.462 e. The number of allylic oxidation sites excluding steroid dienone is 2.